The molecule has 39 heavy (non-hydrogen) atoms. The number of H-pyrrole nitrogens is 1. The number of aromatic amines is 1. The van der Waals surface area contributed by atoms with E-state index in [1.165, 1.54) is 4.90 Å². The van der Waals surface area contributed by atoms with Crippen molar-refractivity contribution < 1.29 is 14.4 Å². The Hall–Kier alpha value is -4.39. The summed E-state index contributed by atoms with van der Waals surface area (Å²) in [6.07, 6.45) is 1.25. The smallest absolute Gasteiger partial charge is 0.332 e. The van der Waals surface area contributed by atoms with Crippen LogP contribution in [0.5, 0.6) is 0 Å². The van der Waals surface area contributed by atoms with Gasteiger partial charge >= 0.3 is 6.03 Å². The van der Waals surface area contributed by atoms with Crippen LogP contribution < -0.4 is 10.2 Å². The standard InChI is InChI=1S/C32H32N4O3/c1-19(2)16-17-33-30(37)23-9-5-7-11-26(23)36-31(38)27-18-24-22-8-4-6-10-25(22)34-28(24)29(35(27)32(36)39)21-14-12-20(3)13-15-21/h4-15,19,27,29,34H,16-18H2,1-3H3,(H,33,37)/t27-,29-/m0/s1. The van der Waals surface area contributed by atoms with Crippen molar-refractivity contribution in [1.29, 1.82) is 0 Å². The first-order chi connectivity index (χ1) is 18.8. The van der Waals surface area contributed by atoms with Crippen LogP contribution in [0, 0.1) is 12.8 Å². The van der Waals surface area contributed by atoms with Gasteiger partial charge in [-0.05, 0) is 48.6 Å². The molecule has 1 fully saturated rings. The summed E-state index contributed by atoms with van der Waals surface area (Å²) in [5, 5.41) is 4.01. The molecular formula is C32H32N4O3. The molecule has 0 saturated carbocycles. The first-order valence-electron chi connectivity index (χ1n) is 13.5. The predicted octanol–water partition coefficient (Wildman–Crippen LogP) is 5.74. The Labute approximate surface area is 227 Å². The van der Waals surface area contributed by atoms with E-state index in [1.807, 2.05) is 49.4 Å². The molecule has 0 radical (unpaired) electrons. The van der Waals surface area contributed by atoms with Crippen LogP contribution in [0.2, 0.25) is 0 Å². The average molecular weight is 521 g/mol. The maximum absolute atomic E-state index is 14.2. The second kappa shape index (κ2) is 9.73. The van der Waals surface area contributed by atoms with E-state index in [9.17, 15) is 14.4 Å². The van der Waals surface area contributed by atoms with Crippen LogP contribution in [0.4, 0.5) is 10.5 Å². The van der Waals surface area contributed by atoms with E-state index in [1.54, 1.807) is 29.2 Å². The number of aromatic nitrogens is 1. The van der Waals surface area contributed by atoms with E-state index in [0.717, 1.165) is 39.7 Å². The van der Waals surface area contributed by atoms with Gasteiger partial charge in [0.25, 0.3) is 11.8 Å². The highest BCUT2D eigenvalue weighted by atomic mass is 16.2. The number of para-hydroxylation sites is 2. The molecule has 4 amide bonds. The van der Waals surface area contributed by atoms with Gasteiger partial charge in [0, 0.05) is 29.6 Å². The number of carbonyl (C=O) groups excluding carboxylic acids is 3. The van der Waals surface area contributed by atoms with Crippen molar-refractivity contribution in [2.45, 2.75) is 45.7 Å². The van der Waals surface area contributed by atoms with Gasteiger partial charge in [0.2, 0.25) is 0 Å². The third kappa shape index (κ3) is 4.18. The highest BCUT2D eigenvalue weighted by molar-refractivity contribution is 6.24. The van der Waals surface area contributed by atoms with Crippen LogP contribution in [0.15, 0.2) is 72.8 Å². The van der Waals surface area contributed by atoms with Crippen LogP contribution in [0.25, 0.3) is 10.9 Å². The molecule has 7 heteroatoms. The number of nitrogens with one attached hydrogen (secondary N) is 2. The van der Waals surface area contributed by atoms with E-state index in [2.05, 4.69) is 30.2 Å². The summed E-state index contributed by atoms with van der Waals surface area (Å²) in [6, 6.07) is 21.5. The summed E-state index contributed by atoms with van der Waals surface area (Å²) in [5.41, 5.74) is 5.66. The molecule has 0 spiro atoms. The predicted molar refractivity (Wildman–Crippen MR) is 152 cm³/mol. The number of nitrogens with zero attached hydrogens (tertiary/aromatic N) is 2. The molecule has 7 nitrogen and oxygen atoms in total. The number of benzene rings is 3. The van der Waals surface area contributed by atoms with E-state index >= 15 is 0 Å². The monoisotopic (exact) mass is 520 g/mol. The van der Waals surface area contributed by atoms with Crippen molar-refractivity contribution in [3.63, 3.8) is 0 Å². The summed E-state index contributed by atoms with van der Waals surface area (Å²) in [4.78, 5) is 47.8. The van der Waals surface area contributed by atoms with E-state index in [0.29, 0.717) is 30.1 Å². The van der Waals surface area contributed by atoms with Crippen molar-refractivity contribution in [1.82, 2.24) is 15.2 Å². The van der Waals surface area contributed by atoms with E-state index in [4.69, 9.17) is 0 Å². The number of fused-ring (bicyclic) bond motifs is 4. The van der Waals surface area contributed by atoms with Crippen molar-refractivity contribution in [3.8, 4) is 0 Å². The molecule has 2 aliphatic heterocycles. The Morgan fingerprint density at radius 2 is 1.72 bits per heavy atom. The Morgan fingerprint density at radius 1 is 1.00 bits per heavy atom. The highest BCUT2D eigenvalue weighted by Crippen LogP contribution is 2.45. The lowest BCUT2D eigenvalue weighted by Gasteiger charge is -2.36. The molecule has 6 rings (SSSR count). The fourth-order valence-corrected chi connectivity index (χ4v) is 5.82. The van der Waals surface area contributed by atoms with Gasteiger partial charge in [-0.3, -0.25) is 14.5 Å². The number of rotatable bonds is 6. The van der Waals surface area contributed by atoms with Gasteiger partial charge in [-0.1, -0.05) is 74.0 Å². The van der Waals surface area contributed by atoms with Crippen LogP contribution in [-0.2, 0) is 11.2 Å². The topological polar surface area (TPSA) is 85.5 Å². The Bertz CT molecular complexity index is 1590. The minimum Gasteiger partial charge on any atom is -0.356 e. The number of amides is 4. The molecule has 0 bridgehead atoms. The zero-order chi connectivity index (χ0) is 27.3. The van der Waals surface area contributed by atoms with Crippen LogP contribution in [0.3, 0.4) is 0 Å². The van der Waals surface area contributed by atoms with Gasteiger partial charge in [0.15, 0.2) is 0 Å². The van der Waals surface area contributed by atoms with Crippen molar-refractivity contribution in [2.75, 3.05) is 11.4 Å². The van der Waals surface area contributed by atoms with Gasteiger partial charge in [0.1, 0.15) is 12.1 Å². The summed E-state index contributed by atoms with van der Waals surface area (Å²) < 4.78 is 0. The maximum Gasteiger partial charge on any atom is 0.332 e. The number of aryl methyl sites for hydroxylation is 1. The normalized spacial score (nSPS) is 18.6. The van der Waals surface area contributed by atoms with Crippen molar-refractivity contribution in [3.05, 3.63) is 101 Å². The summed E-state index contributed by atoms with van der Waals surface area (Å²) in [7, 11) is 0. The summed E-state index contributed by atoms with van der Waals surface area (Å²) >= 11 is 0. The van der Waals surface area contributed by atoms with Gasteiger partial charge in [-0.2, -0.15) is 0 Å². The van der Waals surface area contributed by atoms with Crippen molar-refractivity contribution in [2.24, 2.45) is 5.92 Å². The molecule has 0 unspecified atom stereocenters. The SMILES string of the molecule is Cc1ccc([C@H]2c3[nH]c4ccccc4c3C[C@H]3C(=O)N(c4ccccc4C(=O)NCCC(C)C)C(=O)N23)cc1. The minimum absolute atomic E-state index is 0.289. The summed E-state index contributed by atoms with van der Waals surface area (Å²) in [5.74, 6) is -0.149. The first-order valence-corrected chi connectivity index (χ1v) is 13.5. The van der Waals surface area contributed by atoms with E-state index < -0.39 is 18.1 Å². The van der Waals surface area contributed by atoms with Crippen LogP contribution in [0.1, 0.15) is 59.1 Å². The third-order valence-corrected chi connectivity index (χ3v) is 7.84. The summed E-state index contributed by atoms with van der Waals surface area (Å²) in [6.45, 7) is 6.75. The molecule has 1 saturated heterocycles. The largest absolute Gasteiger partial charge is 0.356 e. The van der Waals surface area contributed by atoms with E-state index in [-0.39, 0.29) is 11.8 Å². The first kappa shape index (κ1) is 24.9. The number of hydrogen-bond acceptors (Lipinski definition) is 3. The lowest BCUT2D eigenvalue weighted by molar-refractivity contribution is -0.120. The number of hydrogen-bond donors (Lipinski definition) is 2. The lowest BCUT2D eigenvalue weighted by atomic mass is 9.88. The number of urea groups is 1. The molecule has 2 N–H and O–H groups in total. The van der Waals surface area contributed by atoms with Crippen molar-refractivity contribution >= 4 is 34.4 Å². The quantitative estimate of drug-likeness (QED) is 0.318. The molecular weight excluding hydrogens is 488 g/mol. The Kier molecular flexibility index (Phi) is 6.22. The number of anilines is 1. The fraction of sp³-hybridized carbons (Fsp3) is 0.281. The lowest BCUT2D eigenvalue weighted by Crippen LogP contribution is -2.44. The molecule has 2 aliphatic rings. The molecule has 2 atom stereocenters. The molecule has 3 aromatic carbocycles. The molecule has 1 aromatic heterocycles. The second-order valence-electron chi connectivity index (χ2n) is 10.9. The number of imide groups is 1. The average Bonchev–Trinajstić information content (AvgIpc) is 3.42. The maximum atomic E-state index is 14.2. The van der Waals surface area contributed by atoms with Gasteiger partial charge in [0.05, 0.1) is 11.3 Å². The number of carbonyl (C=O) groups is 3. The molecule has 4 aromatic rings. The van der Waals surface area contributed by atoms with Crippen LogP contribution in [-0.4, -0.2) is 40.3 Å². The second-order valence-corrected chi connectivity index (χ2v) is 10.9. The van der Waals surface area contributed by atoms with Gasteiger partial charge in [-0.15, -0.1) is 0 Å². The third-order valence-electron chi connectivity index (χ3n) is 7.84. The zero-order valence-corrected chi connectivity index (χ0v) is 22.4. The molecule has 198 valence electrons. The van der Waals surface area contributed by atoms with Gasteiger partial charge < -0.3 is 10.3 Å². The fourth-order valence-electron chi connectivity index (χ4n) is 5.82. The molecule has 0 aliphatic carbocycles. The Morgan fingerprint density at radius 3 is 2.49 bits per heavy atom. The zero-order valence-electron chi connectivity index (χ0n) is 22.4. The Balaban J connectivity index is 1.43. The molecule has 3 heterocycles. The minimum atomic E-state index is -0.674. The highest BCUT2D eigenvalue weighted by Gasteiger charge is 2.53. The van der Waals surface area contributed by atoms with Crippen LogP contribution >= 0.6 is 0 Å². The van der Waals surface area contributed by atoms with Gasteiger partial charge in [-0.25, -0.2) is 9.69 Å².